The highest BCUT2D eigenvalue weighted by atomic mass is 32.2. The number of ether oxygens (including phenoxy) is 3. The van der Waals surface area contributed by atoms with Crippen molar-refractivity contribution in [2.45, 2.75) is 11.3 Å². The average Bonchev–Trinajstić information content (AvgIpc) is 3.10. The van der Waals surface area contributed by atoms with Gasteiger partial charge in [-0.3, -0.25) is 9.52 Å². The van der Waals surface area contributed by atoms with Gasteiger partial charge in [0.05, 0.1) is 19.1 Å². The summed E-state index contributed by atoms with van der Waals surface area (Å²) in [6.45, 7) is 0.552. The predicted octanol–water partition coefficient (Wildman–Crippen LogP) is 2.04. The first-order chi connectivity index (χ1) is 13.4. The second-order valence-electron chi connectivity index (χ2n) is 6.19. The molecular formula is C19H22N2O6S. The molecule has 1 N–H and O–H groups in total. The fourth-order valence-electron chi connectivity index (χ4n) is 3.12. The number of hydrogen-bond acceptors (Lipinski definition) is 6. The molecule has 0 saturated heterocycles. The molecule has 0 spiro atoms. The largest absolute Gasteiger partial charge is 0.493 e. The Morgan fingerprint density at radius 1 is 1.07 bits per heavy atom. The summed E-state index contributed by atoms with van der Waals surface area (Å²) in [5.41, 5.74) is 2.10. The van der Waals surface area contributed by atoms with E-state index in [9.17, 15) is 13.2 Å². The van der Waals surface area contributed by atoms with Gasteiger partial charge in [-0.15, -0.1) is 0 Å². The Balaban J connectivity index is 1.83. The van der Waals surface area contributed by atoms with Crippen LogP contribution < -0.4 is 19.1 Å². The van der Waals surface area contributed by atoms with Crippen molar-refractivity contribution in [3.05, 3.63) is 42.0 Å². The average molecular weight is 406 g/mol. The van der Waals surface area contributed by atoms with E-state index >= 15 is 0 Å². The van der Waals surface area contributed by atoms with Gasteiger partial charge in [0.2, 0.25) is 0 Å². The molecule has 1 amide bonds. The summed E-state index contributed by atoms with van der Waals surface area (Å²) in [6.07, 6.45) is 0.650. The molecule has 28 heavy (non-hydrogen) atoms. The number of methoxy groups -OCH3 is 3. The predicted molar refractivity (Wildman–Crippen MR) is 105 cm³/mol. The smallest absolute Gasteiger partial charge is 0.262 e. The van der Waals surface area contributed by atoms with Crippen molar-refractivity contribution in [3.63, 3.8) is 0 Å². The Bertz CT molecular complexity index is 990. The number of anilines is 2. The topological polar surface area (TPSA) is 94.2 Å². The molecule has 0 atom stereocenters. The number of benzene rings is 2. The van der Waals surface area contributed by atoms with Crippen LogP contribution in [0.15, 0.2) is 41.3 Å². The van der Waals surface area contributed by atoms with Crippen LogP contribution in [0.1, 0.15) is 5.56 Å². The number of nitrogens with zero attached hydrogens (tertiary/aromatic N) is 1. The Morgan fingerprint density at radius 2 is 1.82 bits per heavy atom. The molecule has 0 bridgehead atoms. The zero-order valence-electron chi connectivity index (χ0n) is 15.9. The third-order valence-electron chi connectivity index (χ3n) is 4.46. The molecule has 1 aliphatic rings. The van der Waals surface area contributed by atoms with E-state index in [-0.39, 0.29) is 17.4 Å². The number of amides is 1. The van der Waals surface area contributed by atoms with E-state index in [0.717, 1.165) is 11.3 Å². The second-order valence-corrected chi connectivity index (χ2v) is 7.88. The molecule has 2 aromatic rings. The summed E-state index contributed by atoms with van der Waals surface area (Å²) < 4.78 is 43.3. The van der Waals surface area contributed by atoms with Gasteiger partial charge in [-0.2, -0.15) is 0 Å². The van der Waals surface area contributed by atoms with Crippen LogP contribution in [-0.4, -0.2) is 48.8 Å². The third-order valence-corrected chi connectivity index (χ3v) is 5.84. The first-order valence-corrected chi connectivity index (χ1v) is 10.0. The number of carbonyl (C=O) groups is 1. The monoisotopic (exact) mass is 406 g/mol. The number of fused-ring (bicyclic) bond motifs is 1. The Kier molecular flexibility index (Phi) is 5.76. The molecule has 150 valence electrons. The SMILES string of the molecule is COCC(=O)N1CCc2cc(NS(=O)(=O)c3ccc(OC)c(OC)c3)ccc21. The van der Waals surface area contributed by atoms with Crippen LogP contribution in [0, 0.1) is 0 Å². The van der Waals surface area contributed by atoms with Crippen LogP contribution in [0.5, 0.6) is 11.5 Å². The van der Waals surface area contributed by atoms with Gasteiger partial charge >= 0.3 is 0 Å². The van der Waals surface area contributed by atoms with Crippen molar-refractivity contribution in [1.29, 1.82) is 0 Å². The van der Waals surface area contributed by atoms with Crippen molar-refractivity contribution >= 4 is 27.3 Å². The lowest BCUT2D eigenvalue weighted by molar-refractivity contribution is -0.122. The van der Waals surface area contributed by atoms with Gasteiger partial charge in [-0.05, 0) is 42.3 Å². The van der Waals surface area contributed by atoms with Gasteiger partial charge in [-0.25, -0.2) is 8.42 Å². The van der Waals surface area contributed by atoms with Crippen LogP contribution in [0.2, 0.25) is 0 Å². The van der Waals surface area contributed by atoms with Crippen LogP contribution in [0.3, 0.4) is 0 Å². The van der Waals surface area contributed by atoms with Crippen molar-refractivity contribution in [2.75, 3.05) is 44.1 Å². The maximum Gasteiger partial charge on any atom is 0.262 e. The molecule has 1 heterocycles. The standard InChI is InChI=1S/C19H22N2O6S/c1-25-12-19(22)21-9-8-13-10-14(4-6-16(13)21)20-28(23,24)15-5-7-17(26-2)18(11-15)27-3/h4-7,10-11,20H,8-9,12H2,1-3H3. The van der Waals surface area contributed by atoms with Gasteiger partial charge < -0.3 is 19.1 Å². The number of nitrogens with one attached hydrogen (secondary N) is 1. The maximum atomic E-state index is 12.7. The van der Waals surface area contributed by atoms with Crippen molar-refractivity contribution in [1.82, 2.24) is 0 Å². The first-order valence-electron chi connectivity index (χ1n) is 8.56. The molecule has 0 aromatic heterocycles. The molecule has 0 radical (unpaired) electrons. The minimum Gasteiger partial charge on any atom is -0.493 e. The summed E-state index contributed by atoms with van der Waals surface area (Å²) in [5, 5.41) is 0. The summed E-state index contributed by atoms with van der Waals surface area (Å²) in [5.74, 6) is 0.645. The Hall–Kier alpha value is -2.78. The molecule has 0 saturated carbocycles. The maximum absolute atomic E-state index is 12.7. The van der Waals surface area contributed by atoms with E-state index in [4.69, 9.17) is 14.2 Å². The van der Waals surface area contributed by atoms with Gasteiger partial charge in [-0.1, -0.05) is 0 Å². The van der Waals surface area contributed by atoms with Crippen LogP contribution in [0.4, 0.5) is 11.4 Å². The highest BCUT2D eigenvalue weighted by molar-refractivity contribution is 7.92. The first kappa shape index (κ1) is 20.0. The fourth-order valence-corrected chi connectivity index (χ4v) is 4.19. The summed E-state index contributed by atoms with van der Waals surface area (Å²) in [7, 11) is 0.585. The van der Waals surface area contributed by atoms with E-state index in [0.29, 0.717) is 30.2 Å². The lowest BCUT2D eigenvalue weighted by Gasteiger charge is -2.17. The van der Waals surface area contributed by atoms with Crippen LogP contribution in [-0.2, 0) is 26.0 Å². The van der Waals surface area contributed by atoms with Gasteiger partial charge in [0.15, 0.2) is 11.5 Å². The molecule has 0 aliphatic carbocycles. The summed E-state index contributed by atoms with van der Waals surface area (Å²) in [4.78, 5) is 13.8. The van der Waals surface area contributed by atoms with E-state index in [2.05, 4.69) is 4.72 Å². The minimum absolute atomic E-state index is 0.00707. The minimum atomic E-state index is -3.81. The quantitative estimate of drug-likeness (QED) is 0.756. The lowest BCUT2D eigenvalue weighted by atomic mass is 10.1. The molecule has 8 nitrogen and oxygen atoms in total. The third kappa shape index (κ3) is 3.90. The molecule has 0 unspecified atom stereocenters. The highest BCUT2D eigenvalue weighted by Gasteiger charge is 2.25. The highest BCUT2D eigenvalue weighted by Crippen LogP contribution is 2.33. The molecular weight excluding hydrogens is 384 g/mol. The molecule has 1 aliphatic heterocycles. The summed E-state index contributed by atoms with van der Waals surface area (Å²) >= 11 is 0. The van der Waals surface area contributed by atoms with Crippen LogP contribution in [0.25, 0.3) is 0 Å². The summed E-state index contributed by atoms with van der Waals surface area (Å²) in [6, 6.07) is 9.50. The fraction of sp³-hybridized carbons (Fsp3) is 0.316. The van der Waals surface area contributed by atoms with E-state index < -0.39 is 10.0 Å². The number of sulfonamides is 1. The normalized spacial score (nSPS) is 13.2. The molecule has 2 aromatic carbocycles. The zero-order chi connectivity index (χ0) is 20.3. The zero-order valence-corrected chi connectivity index (χ0v) is 16.7. The Morgan fingerprint density at radius 3 is 2.50 bits per heavy atom. The van der Waals surface area contributed by atoms with E-state index in [1.54, 1.807) is 23.1 Å². The lowest BCUT2D eigenvalue weighted by Crippen LogP contribution is -2.31. The van der Waals surface area contributed by atoms with Crippen LogP contribution >= 0.6 is 0 Å². The number of rotatable bonds is 7. The van der Waals surface area contributed by atoms with E-state index in [1.807, 2.05) is 0 Å². The van der Waals surface area contributed by atoms with Gasteiger partial charge in [0.25, 0.3) is 15.9 Å². The molecule has 9 heteroatoms. The number of hydrogen-bond donors (Lipinski definition) is 1. The van der Waals surface area contributed by atoms with Crippen molar-refractivity contribution < 1.29 is 27.4 Å². The molecule has 0 fully saturated rings. The Labute approximate surface area is 164 Å². The number of carbonyl (C=O) groups excluding carboxylic acids is 1. The van der Waals surface area contributed by atoms with Gasteiger partial charge in [0, 0.05) is 31.1 Å². The van der Waals surface area contributed by atoms with Crippen molar-refractivity contribution in [2.24, 2.45) is 0 Å². The van der Waals surface area contributed by atoms with E-state index in [1.165, 1.54) is 39.5 Å². The van der Waals surface area contributed by atoms with Gasteiger partial charge in [0.1, 0.15) is 6.61 Å². The molecule has 3 rings (SSSR count). The second kappa shape index (κ2) is 8.07. The van der Waals surface area contributed by atoms with Crippen molar-refractivity contribution in [3.8, 4) is 11.5 Å².